The van der Waals surface area contributed by atoms with Crippen LogP contribution in [0.15, 0.2) is 4.99 Å². The van der Waals surface area contributed by atoms with Crippen LogP contribution in [0.25, 0.3) is 0 Å². The van der Waals surface area contributed by atoms with Crippen LogP contribution in [-0.2, 0) is 33.4 Å². The average molecular weight is 507 g/mol. The molecule has 0 heterocycles. The van der Waals surface area contributed by atoms with Gasteiger partial charge < -0.3 is 42.8 Å². The zero-order valence-electron chi connectivity index (χ0n) is 18.8. The lowest BCUT2D eigenvalue weighted by atomic mass is 9.99. The molecule has 3 atom stereocenters. The van der Waals surface area contributed by atoms with E-state index in [0.717, 1.165) is 0 Å². The summed E-state index contributed by atoms with van der Waals surface area (Å²) in [7, 11) is 0. The standard InChI is InChI=1S/C19H34N6O8S/c20-13(2-1-5-24-19(22)23)17(30)32-6-7-33-18(31)14(21)4-3-12(26)8-11(10-34)16(29)25-9-15(27)28/h11,13-14,34H,1-10,20-21H2,(H,25,29)(H,27,28)(H4,22,23,24)/t11-,13-,14-/m0/s1. The van der Waals surface area contributed by atoms with Gasteiger partial charge in [0.15, 0.2) is 5.96 Å². The molecule has 0 aromatic carbocycles. The Morgan fingerprint density at radius 3 is 2.03 bits per heavy atom. The molecule has 0 rings (SSSR count). The van der Waals surface area contributed by atoms with E-state index in [9.17, 15) is 24.0 Å². The number of carboxylic acids is 1. The molecular weight excluding hydrogens is 472 g/mol. The highest BCUT2D eigenvalue weighted by atomic mass is 32.1. The monoisotopic (exact) mass is 506 g/mol. The third-order valence-electron chi connectivity index (χ3n) is 4.36. The fourth-order valence-electron chi connectivity index (χ4n) is 2.49. The number of rotatable bonds is 18. The Labute approximate surface area is 202 Å². The van der Waals surface area contributed by atoms with Crippen molar-refractivity contribution >= 4 is 48.2 Å². The van der Waals surface area contributed by atoms with Gasteiger partial charge in [-0.15, -0.1) is 0 Å². The first kappa shape index (κ1) is 31.1. The van der Waals surface area contributed by atoms with E-state index in [1.54, 1.807) is 0 Å². The molecule has 0 saturated heterocycles. The fraction of sp³-hybridized carbons (Fsp3) is 0.684. The Morgan fingerprint density at radius 1 is 0.971 bits per heavy atom. The lowest BCUT2D eigenvalue weighted by Crippen LogP contribution is -2.37. The van der Waals surface area contributed by atoms with Crippen LogP contribution < -0.4 is 28.3 Å². The summed E-state index contributed by atoms with van der Waals surface area (Å²) in [5.74, 6) is -4.40. The second-order valence-corrected chi connectivity index (χ2v) is 7.63. The molecule has 34 heavy (non-hydrogen) atoms. The zero-order chi connectivity index (χ0) is 26.1. The van der Waals surface area contributed by atoms with Crippen molar-refractivity contribution in [1.82, 2.24) is 5.32 Å². The smallest absolute Gasteiger partial charge is 0.323 e. The number of aliphatic carboxylic acids is 1. The summed E-state index contributed by atoms with van der Waals surface area (Å²) >= 11 is 4.00. The second-order valence-electron chi connectivity index (χ2n) is 7.27. The first-order valence-corrected chi connectivity index (χ1v) is 11.1. The zero-order valence-corrected chi connectivity index (χ0v) is 19.7. The molecule has 0 saturated carbocycles. The lowest BCUT2D eigenvalue weighted by molar-refractivity contribution is -0.154. The molecule has 0 unspecified atom stereocenters. The van der Waals surface area contributed by atoms with Crippen LogP contribution >= 0.6 is 12.6 Å². The maximum atomic E-state index is 12.1. The minimum Gasteiger partial charge on any atom is -0.480 e. The predicted molar refractivity (Wildman–Crippen MR) is 125 cm³/mol. The molecule has 14 nitrogen and oxygen atoms in total. The molecule has 0 aromatic heterocycles. The third-order valence-corrected chi connectivity index (χ3v) is 4.80. The fourth-order valence-corrected chi connectivity index (χ4v) is 2.79. The maximum absolute atomic E-state index is 12.1. The molecule has 0 aliphatic carbocycles. The van der Waals surface area contributed by atoms with Crippen LogP contribution in [0.5, 0.6) is 0 Å². The van der Waals surface area contributed by atoms with E-state index in [4.69, 9.17) is 37.5 Å². The second kappa shape index (κ2) is 17.6. The van der Waals surface area contributed by atoms with E-state index in [2.05, 4.69) is 22.9 Å². The van der Waals surface area contributed by atoms with Gasteiger partial charge in [-0.05, 0) is 19.3 Å². The molecule has 1 amide bonds. The van der Waals surface area contributed by atoms with Gasteiger partial charge in [0, 0.05) is 25.1 Å². The van der Waals surface area contributed by atoms with Gasteiger partial charge in [-0.2, -0.15) is 12.6 Å². The quantitative estimate of drug-likeness (QED) is 0.0329. The van der Waals surface area contributed by atoms with Crippen molar-refractivity contribution in [1.29, 1.82) is 0 Å². The van der Waals surface area contributed by atoms with Crippen LogP contribution in [0.3, 0.4) is 0 Å². The van der Waals surface area contributed by atoms with Crippen LogP contribution in [0.1, 0.15) is 32.1 Å². The van der Waals surface area contributed by atoms with E-state index in [0.29, 0.717) is 19.4 Å². The number of guanidine groups is 1. The number of ketones is 1. The number of carbonyl (C=O) groups is 5. The Balaban J connectivity index is 4.14. The normalized spacial score (nSPS) is 13.1. The van der Waals surface area contributed by atoms with Crippen molar-refractivity contribution in [3.05, 3.63) is 0 Å². The number of amides is 1. The van der Waals surface area contributed by atoms with Crippen LogP contribution in [-0.4, -0.2) is 84.8 Å². The van der Waals surface area contributed by atoms with Crippen molar-refractivity contribution in [2.24, 2.45) is 33.8 Å². The number of ether oxygens (including phenoxy) is 2. The molecule has 10 N–H and O–H groups in total. The molecule has 0 aliphatic rings. The first-order valence-electron chi connectivity index (χ1n) is 10.5. The van der Waals surface area contributed by atoms with E-state index in [1.165, 1.54) is 0 Å². The number of thiol groups is 1. The van der Waals surface area contributed by atoms with E-state index in [-0.39, 0.29) is 50.0 Å². The Hall–Kier alpha value is -2.91. The minimum absolute atomic E-state index is 0.0197. The molecule has 0 aliphatic heterocycles. The Kier molecular flexibility index (Phi) is 16.0. The van der Waals surface area contributed by atoms with Crippen molar-refractivity contribution in [3.63, 3.8) is 0 Å². The molecule has 0 radical (unpaired) electrons. The van der Waals surface area contributed by atoms with Gasteiger partial charge >= 0.3 is 17.9 Å². The molecule has 15 heteroatoms. The van der Waals surface area contributed by atoms with Gasteiger partial charge in [-0.3, -0.25) is 29.0 Å². The number of nitrogens with zero attached hydrogens (tertiary/aromatic N) is 1. The van der Waals surface area contributed by atoms with E-state index < -0.39 is 48.4 Å². The van der Waals surface area contributed by atoms with Gasteiger partial charge in [-0.1, -0.05) is 0 Å². The number of hydrogen-bond acceptors (Lipinski definition) is 11. The van der Waals surface area contributed by atoms with Crippen LogP contribution in [0.4, 0.5) is 0 Å². The third kappa shape index (κ3) is 15.0. The predicted octanol–water partition coefficient (Wildman–Crippen LogP) is -2.73. The van der Waals surface area contributed by atoms with Gasteiger partial charge in [0.2, 0.25) is 5.91 Å². The van der Waals surface area contributed by atoms with Gasteiger partial charge in [-0.25, -0.2) is 0 Å². The highest BCUT2D eigenvalue weighted by molar-refractivity contribution is 7.80. The number of hydrogen-bond donors (Lipinski definition) is 7. The van der Waals surface area contributed by atoms with Crippen molar-refractivity contribution in [2.75, 3.05) is 32.1 Å². The SMILES string of the molecule is NC(N)=NCCC[C@H](N)C(=O)OCCOC(=O)[C@@H](N)CCC(=O)C[C@@H](CS)C(=O)NCC(=O)O. The summed E-state index contributed by atoms with van der Waals surface area (Å²) in [6.45, 7) is -0.686. The molecule has 0 bridgehead atoms. The molecule has 0 aromatic rings. The summed E-state index contributed by atoms with van der Waals surface area (Å²) in [5.41, 5.74) is 21.8. The largest absolute Gasteiger partial charge is 0.480 e. The van der Waals surface area contributed by atoms with Crippen molar-refractivity contribution < 1.29 is 38.6 Å². The topological polar surface area (TPSA) is 253 Å². The summed E-state index contributed by atoms with van der Waals surface area (Å²) in [4.78, 5) is 61.9. The lowest BCUT2D eigenvalue weighted by Gasteiger charge is -2.15. The molecule has 194 valence electrons. The van der Waals surface area contributed by atoms with Gasteiger partial charge in [0.1, 0.15) is 37.6 Å². The summed E-state index contributed by atoms with van der Waals surface area (Å²) in [6.07, 6.45) is 0.519. The summed E-state index contributed by atoms with van der Waals surface area (Å²) in [6, 6.07) is -1.96. The highest BCUT2D eigenvalue weighted by Gasteiger charge is 2.23. The molecular formula is C19H34N6O8S. The van der Waals surface area contributed by atoms with E-state index in [1.807, 2.05) is 0 Å². The van der Waals surface area contributed by atoms with Crippen molar-refractivity contribution in [2.45, 2.75) is 44.2 Å². The number of nitrogens with one attached hydrogen (secondary N) is 1. The number of carbonyl (C=O) groups excluding carboxylic acids is 4. The minimum atomic E-state index is -1.21. The van der Waals surface area contributed by atoms with Gasteiger partial charge in [0.05, 0.1) is 5.92 Å². The van der Waals surface area contributed by atoms with Crippen LogP contribution in [0, 0.1) is 5.92 Å². The molecule has 0 fully saturated rings. The number of nitrogens with two attached hydrogens (primary N) is 4. The highest BCUT2D eigenvalue weighted by Crippen LogP contribution is 2.10. The summed E-state index contributed by atoms with van der Waals surface area (Å²) < 4.78 is 9.84. The van der Waals surface area contributed by atoms with Crippen molar-refractivity contribution in [3.8, 4) is 0 Å². The Morgan fingerprint density at radius 2 is 1.53 bits per heavy atom. The Bertz CT molecular complexity index is 732. The number of carboxylic acid groups (broad SMARTS) is 1. The first-order chi connectivity index (χ1) is 16.0. The van der Waals surface area contributed by atoms with Gasteiger partial charge in [0.25, 0.3) is 0 Å². The van der Waals surface area contributed by atoms with E-state index >= 15 is 0 Å². The summed E-state index contributed by atoms with van der Waals surface area (Å²) in [5, 5.41) is 10.8. The van der Waals surface area contributed by atoms with Crippen LogP contribution in [0.2, 0.25) is 0 Å². The number of aliphatic imine (C=N–C) groups is 1. The molecule has 0 spiro atoms. The number of esters is 2. The average Bonchev–Trinajstić information content (AvgIpc) is 2.78. The maximum Gasteiger partial charge on any atom is 0.323 e. The number of Topliss-reactive ketones (excluding diaryl/α,β-unsaturated/α-hetero) is 1.